The van der Waals surface area contributed by atoms with Crippen molar-refractivity contribution in [2.45, 2.75) is 13.0 Å². The monoisotopic (exact) mass is 481 g/mol. The maximum Gasteiger partial charge on any atom is 0.208 e. The van der Waals surface area contributed by atoms with Crippen molar-refractivity contribution in [3.8, 4) is 11.5 Å². The molecular formula is C23H24BrN5O2. The molecule has 0 spiro atoms. The van der Waals surface area contributed by atoms with Gasteiger partial charge in [0.15, 0.2) is 0 Å². The molecule has 0 radical (unpaired) electrons. The van der Waals surface area contributed by atoms with Crippen LogP contribution in [0.5, 0.6) is 11.5 Å². The molecule has 2 aromatic heterocycles. The topological polar surface area (TPSA) is 84.2 Å². The molecule has 0 amide bonds. The normalized spacial score (nSPS) is 11.1. The number of aliphatic hydroxyl groups excluding tert-OH is 1. The second-order valence-electron chi connectivity index (χ2n) is 7.12. The van der Waals surface area contributed by atoms with Crippen LogP contribution in [0.15, 0.2) is 65.3 Å². The van der Waals surface area contributed by atoms with Crippen molar-refractivity contribution in [3.63, 3.8) is 0 Å². The molecule has 7 nitrogen and oxygen atoms in total. The Hall–Kier alpha value is -2.94. The van der Waals surface area contributed by atoms with Crippen LogP contribution in [0.2, 0.25) is 0 Å². The molecule has 0 unspecified atom stereocenters. The average Bonchev–Trinajstić information content (AvgIpc) is 3.08. The number of halogens is 1. The summed E-state index contributed by atoms with van der Waals surface area (Å²) in [7, 11) is 1.98. The lowest BCUT2D eigenvalue weighted by molar-refractivity contribution is 0.286. The predicted molar refractivity (Wildman–Crippen MR) is 126 cm³/mol. The molecule has 0 aliphatic carbocycles. The summed E-state index contributed by atoms with van der Waals surface area (Å²) in [6, 6.07) is 17.6. The van der Waals surface area contributed by atoms with E-state index in [4.69, 9.17) is 14.8 Å². The number of nitrogens with zero attached hydrogens (tertiary/aromatic N) is 3. The van der Waals surface area contributed by atoms with Gasteiger partial charge in [0.2, 0.25) is 5.95 Å². The van der Waals surface area contributed by atoms with Crippen molar-refractivity contribution in [1.82, 2.24) is 19.9 Å². The highest BCUT2D eigenvalue weighted by atomic mass is 79.9. The van der Waals surface area contributed by atoms with Crippen molar-refractivity contribution in [1.29, 1.82) is 0 Å². The largest absolute Gasteiger partial charge is 0.457 e. The maximum absolute atomic E-state index is 8.86. The van der Waals surface area contributed by atoms with Gasteiger partial charge >= 0.3 is 0 Å². The van der Waals surface area contributed by atoms with E-state index in [1.165, 1.54) is 0 Å². The maximum atomic E-state index is 8.86. The van der Waals surface area contributed by atoms with Gasteiger partial charge in [0.25, 0.3) is 0 Å². The minimum absolute atomic E-state index is 0.180. The molecule has 0 saturated carbocycles. The quantitative estimate of drug-likeness (QED) is 0.299. The van der Waals surface area contributed by atoms with Gasteiger partial charge in [-0.25, -0.2) is 4.98 Å². The standard InChI is InChI=1S/C23H24BrN5O2/c1-29-22-8-7-19(31-20-9-11-26-18(13-20)15-25-10-2-12-30)14-21(22)28-23(29)27-17-5-3-16(24)4-6-17/h3-9,11,13-14,25,30H,2,10,12,15H2,1H3,(H,27,28). The van der Waals surface area contributed by atoms with Crippen LogP contribution >= 0.6 is 15.9 Å². The second-order valence-corrected chi connectivity index (χ2v) is 8.03. The summed E-state index contributed by atoms with van der Waals surface area (Å²) in [5, 5.41) is 15.5. The molecule has 0 fully saturated rings. The molecule has 0 atom stereocenters. The Morgan fingerprint density at radius 1 is 1.06 bits per heavy atom. The van der Waals surface area contributed by atoms with Crippen LogP contribution in [0, 0.1) is 0 Å². The Kier molecular flexibility index (Phi) is 6.81. The van der Waals surface area contributed by atoms with Crippen LogP contribution in [-0.2, 0) is 13.6 Å². The fourth-order valence-electron chi connectivity index (χ4n) is 3.19. The van der Waals surface area contributed by atoms with Gasteiger partial charge in [-0.1, -0.05) is 15.9 Å². The summed E-state index contributed by atoms with van der Waals surface area (Å²) in [5.41, 5.74) is 3.71. The van der Waals surface area contributed by atoms with Crippen LogP contribution in [0.1, 0.15) is 12.1 Å². The fourth-order valence-corrected chi connectivity index (χ4v) is 3.45. The first-order valence-corrected chi connectivity index (χ1v) is 10.8. The van der Waals surface area contributed by atoms with Gasteiger partial charge in [0, 0.05) is 48.7 Å². The number of pyridine rings is 1. The molecule has 2 aromatic carbocycles. The van der Waals surface area contributed by atoms with Crippen molar-refractivity contribution in [3.05, 3.63) is 71.0 Å². The van der Waals surface area contributed by atoms with E-state index in [1.807, 2.05) is 66.2 Å². The SMILES string of the molecule is Cn1c(Nc2ccc(Br)cc2)nc2cc(Oc3ccnc(CNCCCO)c3)ccc21. The Bertz CT molecular complexity index is 1160. The zero-order chi connectivity index (χ0) is 21.6. The van der Waals surface area contributed by atoms with Crippen LogP contribution in [0.3, 0.4) is 0 Å². The number of aromatic nitrogens is 3. The lowest BCUT2D eigenvalue weighted by Gasteiger charge is -2.08. The zero-order valence-corrected chi connectivity index (χ0v) is 18.8. The fraction of sp³-hybridized carbons (Fsp3) is 0.217. The smallest absolute Gasteiger partial charge is 0.208 e. The molecule has 8 heteroatoms. The first kappa shape index (κ1) is 21.3. The van der Waals surface area contributed by atoms with E-state index in [1.54, 1.807) is 6.20 Å². The van der Waals surface area contributed by atoms with Crippen molar-refractivity contribution >= 4 is 38.6 Å². The highest BCUT2D eigenvalue weighted by Gasteiger charge is 2.10. The van der Waals surface area contributed by atoms with Crippen molar-refractivity contribution in [2.75, 3.05) is 18.5 Å². The first-order chi connectivity index (χ1) is 15.1. The number of hydrogen-bond donors (Lipinski definition) is 3. The highest BCUT2D eigenvalue weighted by molar-refractivity contribution is 9.10. The molecule has 3 N–H and O–H groups in total. The van der Waals surface area contributed by atoms with Crippen LogP contribution in [-0.4, -0.2) is 32.8 Å². The summed E-state index contributed by atoms with van der Waals surface area (Å²) in [4.78, 5) is 9.08. The number of ether oxygens (including phenoxy) is 1. The number of benzene rings is 2. The van der Waals surface area contributed by atoms with Crippen molar-refractivity contribution < 1.29 is 9.84 Å². The lowest BCUT2D eigenvalue weighted by Crippen LogP contribution is -2.16. The third-order valence-electron chi connectivity index (χ3n) is 4.79. The summed E-state index contributed by atoms with van der Waals surface area (Å²) in [6.07, 6.45) is 2.46. The first-order valence-electron chi connectivity index (χ1n) is 10.1. The molecule has 4 aromatic rings. The average molecular weight is 482 g/mol. The summed E-state index contributed by atoms with van der Waals surface area (Å²) >= 11 is 3.45. The van der Waals surface area contributed by atoms with E-state index in [0.29, 0.717) is 12.3 Å². The van der Waals surface area contributed by atoms with E-state index in [9.17, 15) is 0 Å². The number of hydrogen-bond acceptors (Lipinski definition) is 6. The summed E-state index contributed by atoms with van der Waals surface area (Å²) in [5.74, 6) is 2.19. The molecule has 0 aliphatic heterocycles. The summed E-state index contributed by atoms with van der Waals surface area (Å²) in [6.45, 7) is 1.55. The van der Waals surface area contributed by atoms with Gasteiger partial charge in [-0.2, -0.15) is 0 Å². The molecule has 160 valence electrons. The number of fused-ring (bicyclic) bond motifs is 1. The Morgan fingerprint density at radius 2 is 1.87 bits per heavy atom. The number of anilines is 2. The van der Waals surface area contributed by atoms with E-state index < -0.39 is 0 Å². The highest BCUT2D eigenvalue weighted by Crippen LogP contribution is 2.28. The van der Waals surface area contributed by atoms with E-state index in [0.717, 1.165) is 51.6 Å². The van der Waals surface area contributed by atoms with Gasteiger partial charge in [-0.15, -0.1) is 0 Å². The third-order valence-corrected chi connectivity index (χ3v) is 5.32. The molecule has 2 heterocycles. The van der Waals surface area contributed by atoms with E-state index >= 15 is 0 Å². The number of aliphatic hydroxyl groups is 1. The van der Waals surface area contributed by atoms with Gasteiger partial charge in [-0.3, -0.25) is 4.98 Å². The minimum Gasteiger partial charge on any atom is -0.457 e. The molecule has 4 rings (SSSR count). The Labute approximate surface area is 189 Å². The van der Waals surface area contributed by atoms with Crippen LogP contribution in [0.4, 0.5) is 11.6 Å². The van der Waals surface area contributed by atoms with Crippen molar-refractivity contribution in [2.24, 2.45) is 7.05 Å². The Balaban J connectivity index is 1.48. The lowest BCUT2D eigenvalue weighted by atomic mass is 10.3. The van der Waals surface area contributed by atoms with Gasteiger partial charge in [-0.05, 0) is 55.4 Å². The molecular weight excluding hydrogens is 458 g/mol. The molecule has 0 aliphatic rings. The van der Waals surface area contributed by atoms with Gasteiger partial charge < -0.3 is 25.0 Å². The number of imidazole rings is 1. The van der Waals surface area contributed by atoms with Gasteiger partial charge in [0.05, 0.1) is 16.7 Å². The minimum atomic E-state index is 0.180. The van der Waals surface area contributed by atoms with E-state index in [2.05, 4.69) is 31.5 Å². The zero-order valence-electron chi connectivity index (χ0n) is 17.2. The number of rotatable bonds is 9. The second kappa shape index (κ2) is 9.91. The Morgan fingerprint density at radius 3 is 2.68 bits per heavy atom. The molecule has 0 saturated heterocycles. The third kappa shape index (κ3) is 5.41. The molecule has 31 heavy (non-hydrogen) atoms. The summed E-state index contributed by atoms with van der Waals surface area (Å²) < 4.78 is 9.10. The van der Waals surface area contributed by atoms with Crippen LogP contribution < -0.4 is 15.4 Å². The van der Waals surface area contributed by atoms with Gasteiger partial charge in [0.1, 0.15) is 11.5 Å². The van der Waals surface area contributed by atoms with E-state index in [-0.39, 0.29) is 6.61 Å². The predicted octanol–water partition coefficient (Wildman–Crippen LogP) is 4.74. The van der Waals surface area contributed by atoms with Crippen LogP contribution in [0.25, 0.3) is 11.0 Å². The molecule has 0 bridgehead atoms. The number of aryl methyl sites for hydroxylation is 1. The number of nitrogens with one attached hydrogen (secondary N) is 2.